The summed E-state index contributed by atoms with van der Waals surface area (Å²) in [6.07, 6.45) is 1.44. The number of anilines is 1. The maximum atomic E-state index is 11.8. The summed E-state index contributed by atoms with van der Waals surface area (Å²) < 4.78 is 6.60. The highest BCUT2D eigenvalue weighted by Crippen LogP contribution is 2.28. The van der Waals surface area contributed by atoms with Gasteiger partial charge in [0.1, 0.15) is 5.56 Å². The van der Waals surface area contributed by atoms with E-state index in [4.69, 9.17) is 10.6 Å². The zero-order valence-electron chi connectivity index (χ0n) is 10.5. The quantitative estimate of drug-likeness (QED) is 0.473. The van der Waals surface area contributed by atoms with Crippen LogP contribution in [-0.4, -0.2) is 27.3 Å². The number of nitrogens with two attached hydrogens (primary N) is 1. The molecule has 18 heavy (non-hydrogen) atoms. The van der Waals surface area contributed by atoms with Crippen LogP contribution in [-0.2, 0) is 11.8 Å². The van der Waals surface area contributed by atoms with Gasteiger partial charge in [-0.1, -0.05) is 0 Å². The van der Waals surface area contributed by atoms with Gasteiger partial charge in [-0.25, -0.2) is 9.78 Å². The first-order chi connectivity index (χ1) is 8.60. The Hall–Kier alpha value is -2.15. The molecule has 2 rings (SSSR count). The van der Waals surface area contributed by atoms with Crippen LogP contribution in [0.5, 0.6) is 0 Å². The summed E-state index contributed by atoms with van der Waals surface area (Å²) in [6.45, 7) is 3.88. The monoisotopic (exact) mass is 249 g/mol. The Bertz CT molecular complexity index is 605. The number of pyridine rings is 1. The molecule has 0 spiro atoms. The molecule has 0 saturated heterocycles. The molecule has 0 atom stereocenters. The van der Waals surface area contributed by atoms with Gasteiger partial charge in [0.2, 0.25) is 0 Å². The van der Waals surface area contributed by atoms with Crippen molar-refractivity contribution in [2.24, 2.45) is 12.9 Å². The Morgan fingerprint density at radius 2 is 2.33 bits per heavy atom. The lowest BCUT2D eigenvalue weighted by Gasteiger charge is -2.09. The minimum Gasteiger partial charge on any atom is -0.462 e. The van der Waals surface area contributed by atoms with Crippen LogP contribution in [0.4, 0.5) is 5.69 Å². The standard InChI is InChI=1S/C11H15N5O2/c1-4-18-11(17)7-5-13-10-8(9(7)14-12)6(2)15-16(10)3/h5H,4,12H2,1-3H3,(H,13,14). The summed E-state index contributed by atoms with van der Waals surface area (Å²) in [7, 11) is 1.78. The lowest BCUT2D eigenvalue weighted by molar-refractivity contribution is 0.0527. The number of hydrogen-bond acceptors (Lipinski definition) is 6. The molecule has 0 aliphatic carbocycles. The van der Waals surface area contributed by atoms with Crippen LogP contribution in [0.25, 0.3) is 11.0 Å². The number of nitrogen functional groups attached to an aromatic ring is 1. The first-order valence-corrected chi connectivity index (χ1v) is 5.56. The van der Waals surface area contributed by atoms with Gasteiger partial charge in [0.25, 0.3) is 0 Å². The van der Waals surface area contributed by atoms with Crippen molar-refractivity contribution in [2.45, 2.75) is 13.8 Å². The van der Waals surface area contributed by atoms with Gasteiger partial charge in [-0.2, -0.15) is 5.10 Å². The number of fused-ring (bicyclic) bond motifs is 1. The summed E-state index contributed by atoms with van der Waals surface area (Å²) in [6, 6.07) is 0. The molecule has 2 heterocycles. The molecule has 0 fully saturated rings. The molecule has 0 saturated carbocycles. The van der Waals surface area contributed by atoms with E-state index in [0.717, 1.165) is 11.1 Å². The minimum atomic E-state index is -0.455. The summed E-state index contributed by atoms with van der Waals surface area (Å²) in [5, 5.41) is 4.98. The van der Waals surface area contributed by atoms with E-state index in [2.05, 4.69) is 15.5 Å². The number of hydrazine groups is 1. The summed E-state index contributed by atoms with van der Waals surface area (Å²) >= 11 is 0. The van der Waals surface area contributed by atoms with Crippen molar-refractivity contribution in [3.63, 3.8) is 0 Å². The molecule has 2 aromatic heterocycles. The third-order valence-electron chi connectivity index (χ3n) is 2.67. The van der Waals surface area contributed by atoms with Crippen molar-refractivity contribution < 1.29 is 9.53 Å². The van der Waals surface area contributed by atoms with Crippen LogP contribution in [0, 0.1) is 6.92 Å². The van der Waals surface area contributed by atoms with Crippen LogP contribution >= 0.6 is 0 Å². The van der Waals surface area contributed by atoms with E-state index in [1.807, 2.05) is 6.92 Å². The largest absolute Gasteiger partial charge is 0.462 e. The van der Waals surface area contributed by atoms with Crippen LogP contribution < -0.4 is 11.3 Å². The average Bonchev–Trinajstić information content (AvgIpc) is 2.64. The van der Waals surface area contributed by atoms with Crippen LogP contribution in [0.2, 0.25) is 0 Å². The number of ether oxygens (including phenoxy) is 1. The molecule has 0 unspecified atom stereocenters. The molecule has 3 N–H and O–H groups in total. The van der Waals surface area contributed by atoms with Gasteiger partial charge >= 0.3 is 5.97 Å². The normalized spacial score (nSPS) is 10.7. The fourth-order valence-corrected chi connectivity index (χ4v) is 1.93. The van der Waals surface area contributed by atoms with Crippen LogP contribution in [0.15, 0.2) is 6.20 Å². The third kappa shape index (κ3) is 1.78. The Balaban J connectivity index is 2.69. The average molecular weight is 249 g/mol. The minimum absolute atomic E-state index is 0.299. The van der Waals surface area contributed by atoms with Gasteiger partial charge in [-0.05, 0) is 13.8 Å². The van der Waals surface area contributed by atoms with Gasteiger partial charge in [0.05, 0.1) is 23.4 Å². The first-order valence-electron chi connectivity index (χ1n) is 5.56. The summed E-state index contributed by atoms with van der Waals surface area (Å²) in [4.78, 5) is 16.0. The Morgan fingerprint density at radius 1 is 1.61 bits per heavy atom. The van der Waals surface area contributed by atoms with Gasteiger partial charge < -0.3 is 10.2 Å². The second-order valence-corrected chi connectivity index (χ2v) is 3.82. The smallest absolute Gasteiger partial charge is 0.341 e. The van der Waals surface area contributed by atoms with Crippen molar-refractivity contribution >= 4 is 22.7 Å². The van der Waals surface area contributed by atoms with E-state index in [0.29, 0.717) is 23.5 Å². The maximum Gasteiger partial charge on any atom is 0.341 e. The molecule has 7 heteroatoms. The number of carbonyl (C=O) groups excluding carboxylic acids is 1. The molecule has 0 aliphatic heterocycles. The van der Waals surface area contributed by atoms with Crippen LogP contribution in [0.1, 0.15) is 23.0 Å². The molecular weight excluding hydrogens is 234 g/mol. The van der Waals surface area contributed by atoms with Gasteiger partial charge in [-0.3, -0.25) is 10.5 Å². The highest BCUT2D eigenvalue weighted by Gasteiger charge is 2.19. The van der Waals surface area contributed by atoms with Crippen LogP contribution in [0.3, 0.4) is 0 Å². The predicted molar refractivity (Wildman–Crippen MR) is 67.0 cm³/mol. The second kappa shape index (κ2) is 4.61. The van der Waals surface area contributed by atoms with Crippen molar-refractivity contribution in [2.75, 3.05) is 12.0 Å². The topological polar surface area (TPSA) is 95.1 Å². The molecule has 96 valence electrons. The van der Waals surface area contributed by atoms with Crippen molar-refractivity contribution in [1.29, 1.82) is 0 Å². The van der Waals surface area contributed by atoms with Gasteiger partial charge in [-0.15, -0.1) is 0 Å². The van der Waals surface area contributed by atoms with Crippen molar-refractivity contribution in [3.8, 4) is 0 Å². The number of nitrogens with zero attached hydrogens (tertiary/aromatic N) is 3. The molecule has 0 amide bonds. The van der Waals surface area contributed by atoms with E-state index in [-0.39, 0.29) is 0 Å². The van der Waals surface area contributed by atoms with Crippen molar-refractivity contribution in [3.05, 3.63) is 17.5 Å². The summed E-state index contributed by atoms with van der Waals surface area (Å²) in [5.74, 6) is 5.05. The predicted octanol–water partition coefficient (Wildman–Crippen LogP) is 0.739. The number of nitrogens with one attached hydrogen (secondary N) is 1. The number of aryl methyl sites for hydroxylation is 2. The lowest BCUT2D eigenvalue weighted by atomic mass is 10.1. The molecule has 2 aromatic rings. The van der Waals surface area contributed by atoms with Crippen molar-refractivity contribution in [1.82, 2.24) is 14.8 Å². The number of carbonyl (C=O) groups is 1. The Kier molecular flexibility index (Phi) is 3.15. The fraction of sp³-hybridized carbons (Fsp3) is 0.364. The SMILES string of the molecule is CCOC(=O)c1cnc2c(c(C)nn2C)c1NN. The Morgan fingerprint density at radius 3 is 2.94 bits per heavy atom. The zero-order valence-corrected chi connectivity index (χ0v) is 10.5. The van der Waals surface area contributed by atoms with E-state index < -0.39 is 5.97 Å². The number of rotatable bonds is 3. The second-order valence-electron chi connectivity index (χ2n) is 3.82. The fourth-order valence-electron chi connectivity index (χ4n) is 1.93. The number of esters is 1. The van der Waals surface area contributed by atoms with Gasteiger partial charge in [0, 0.05) is 13.2 Å². The molecule has 0 aliphatic rings. The highest BCUT2D eigenvalue weighted by molar-refractivity contribution is 6.04. The summed E-state index contributed by atoms with van der Waals surface area (Å²) in [5.41, 5.74) is 4.75. The molecule has 0 bridgehead atoms. The van der Waals surface area contributed by atoms with Gasteiger partial charge in [0.15, 0.2) is 5.65 Å². The Labute approximate surface area is 104 Å². The highest BCUT2D eigenvalue weighted by atomic mass is 16.5. The maximum absolute atomic E-state index is 11.8. The van der Waals surface area contributed by atoms with E-state index in [9.17, 15) is 4.79 Å². The third-order valence-corrected chi connectivity index (χ3v) is 2.67. The molecule has 7 nitrogen and oxygen atoms in total. The first kappa shape index (κ1) is 12.3. The lowest BCUT2D eigenvalue weighted by Crippen LogP contribution is -2.15. The molecular formula is C11H15N5O2. The number of hydrogen-bond donors (Lipinski definition) is 2. The van der Waals surface area contributed by atoms with E-state index in [1.165, 1.54) is 6.20 Å². The molecule has 0 aromatic carbocycles. The number of aromatic nitrogens is 3. The zero-order chi connectivity index (χ0) is 13.3. The van der Waals surface area contributed by atoms with E-state index in [1.54, 1.807) is 18.7 Å². The van der Waals surface area contributed by atoms with E-state index >= 15 is 0 Å². The molecule has 0 radical (unpaired) electrons.